The van der Waals surface area contributed by atoms with Crippen LogP contribution in [0.15, 0.2) is 39.5 Å². The first-order valence-corrected chi connectivity index (χ1v) is 12.5. The molecule has 0 unspecified atom stereocenters. The molecule has 0 aliphatic carbocycles. The van der Waals surface area contributed by atoms with Crippen LogP contribution in [0.4, 0.5) is 5.69 Å². The van der Waals surface area contributed by atoms with Crippen molar-refractivity contribution >= 4 is 14.0 Å². The highest BCUT2D eigenvalue weighted by Crippen LogP contribution is 2.37. The molecule has 1 atom stereocenters. The lowest BCUT2D eigenvalue weighted by Crippen LogP contribution is -2.40. The molecule has 1 heterocycles. The molecule has 11 heteroatoms. The molecule has 0 saturated carbocycles. The summed E-state index contributed by atoms with van der Waals surface area (Å²) in [4.78, 5) is 33.3. The standard InChI is InChI=1S/C20H26N2O8Si/c1-20(2,3)31(4,5)29-12-15-10-17(23)18(24)19(30-15)16(11-21(25)26)13-6-8-14(9-7-13)22(27)28/h6-10,16,24H,11-12H2,1-5H3/t16-/m1/s1. The molecule has 0 saturated heterocycles. The summed E-state index contributed by atoms with van der Waals surface area (Å²) in [7, 11) is -2.17. The van der Waals surface area contributed by atoms with Crippen LogP contribution in [0, 0.1) is 20.2 Å². The van der Waals surface area contributed by atoms with Gasteiger partial charge in [0.2, 0.25) is 17.7 Å². The third-order valence-electron chi connectivity index (χ3n) is 5.54. The molecule has 1 N–H and O–H groups in total. The Morgan fingerprint density at radius 2 is 1.74 bits per heavy atom. The van der Waals surface area contributed by atoms with E-state index < -0.39 is 41.8 Å². The average molecular weight is 451 g/mol. The summed E-state index contributed by atoms with van der Waals surface area (Å²) in [5.74, 6) is -1.98. The van der Waals surface area contributed by atoms with E-state index in [1.165, 1.54) is 24.3 Å². The van der Waals surface area contributed by atoms with Crippen LogP contribution in [0.5, 0.6) is 5.75 Å². The molecule has 2 aromatic rings. The molecule has 1 aromatic carbocycles. The fourth-order valence-corrected chi connectivity index (χ4v) is 3.58. The van der Waals surface area contributed by atoms with Crippen molar-refractivity contribution < 1.29 is 23.8 Å². The van der Waals surface area contributed by atoms with E-state index in [1.807, 2.05) is 13.1 Å². The van der Waals surface area contributed by atoms with Gasteiger partial charge in [0.15, 0.2) is 14.1 Å². The van der Waals surface area contributed by atoms with Crippen LogP contribution in [0.25, 0.3) is 0 Å². The molecule has 0 fully saturated rings. The topological polar surface area (TPSA) is 146 Å². The zero-order chi connectivity index (χ0) is 23.6. The monoisotopic (exact) mass is 450 g/mol. The van der Waals surface area contributed by atoms with E-state index in [1.54, 1.807) is 0 Å². The molecule has 0 spiro atoms. The van der Waals surface area contributed by atoms with Crippen molar-refractivity contribution in [2.75, 3.05) is 6.54 Å². The number of hydrogen-bond donors (Lipinski definition) is 1. The van der Waals surface area contributed by atoms with Gasteiger partial charge in [0, 0.05) is 23.1 Å². The Labute approximate surface area is 179 Å². The Morgan fingerprint density at radius 3 is 2.23 bits per heavy atom. The second-order valence-electron chi connectivity index (χ2n) is 8.76. The Hall–Kier alpha value is -3.05. The first-order chi connectivity index (χ1) is 14.2. The number of hydrogen-bond acceptors (Lipinski definition) is 8. The molecule has 168 valence electrons. The highest BCUT2D eigenvalue weighted by atomic mass is 28.4. The molecule has 0 aliphatic rings. The van der Waals surface area contributed by atoms with Crippen molar-refractivity contribution in [2.24, 2.45) is 0 Å². The van der Waals surface area contributed by atoms with E-state index in [-0.39, 0.29) is 28.9 Å². The minimum absolute atomic E-state index is 0.0234. The third kappa shape index (κ3) is 5.76. The van der Waals surface area contributed by atoms with E-state index in [4.69, 9.17) is 8.84 Å². The molecule has 31 heavy (non-hydrogen) atoms. The maximum atomic E-state index is 12.3. The zero-order valence-electron chi connectivity index (χ0n) is 18.1. The number of nitro groups is 2. The maximum absolute atomic E-state index is 12.3. The predicted molar refractivity (Wildman–Crippen MR) is 115 cm³/mol. The largest absolute Gasteiger partial charge is 0.502 e. The van der Waals surface area contributed by atoms with Crippen LogP contribution < -0.4 is 5.43 Å². The molecule has 0 amide bonds. The highest BCUT2D eigenvalue weighted by molar-refractivity contribution is 6.74. The molecule has 1 aromatic heterocycles. The molecule has 0 aliphatic heterocycles. The maximum Gasteiger partial charge on any atom is 0.269 e. The third-order valence-corrected chi connectivity index (χ3v) is 10.0. The van der Waals surface area contributed by atoms with Gasteiger partial charge in [-0.3, -0.25) is 25.0 Å². The minimum Gasteiger partial charge on any atom is -0.502 e. The van der Waals surface area contributed by atoms with Gasteiger partial charge in [-0.25, -0.2) is 0 Å². The van der Waals surface area contributed by atoms with E-state index in [0.29, 0.717) is 5.56 Å². The number of non-ortho nitro benzene ring substituents is 1. The fourth-order valence-electron chi connectivity index (χ4n) is 2.65. The summed E-state index contributed by atoms with van der Waals surface area (Å²) in [6.07, 6.45) is 0. The van der Waals surface area contributed by atoms with Gasteiger partial charge in [-0.05, 0) is 23.7 Å². The Kier molecular flexibility index (Phi) is 7.02. The molecule has 0 radical (unpaired) electrons. The predicted octanol–water partition coefficient (Wildman–Crippen LogP) is 4.18. The van der Waals surface area contributed by atoms with Crippen LogP contribution in [-0.4, -0.2) is 29.8 Å². The zero-order valence-corrected chi connectivity index (χ0v) is 19.1. The summed E-state index contributed by atoms with van der Waals surface area (Å²) in [6.45, 7) is 9.51. The normalized spacial score (nSPS) is 13.1. The lowest BCUT2D eigenvalue weighted by atomic mass is 9.95. The van der Waals surface area contributed by atoms with E-state index in [9.17, 15) is 30.1 Å². The van der Waals surface area contributed by atoms with Gasteiger partial charge in [0.25, 0.3) is 5.69 Å². The quantitative estimate of drug-likeness (QED) is 0.358. The Balaban J connectivity index is 2.47. The van der Waals surface area contributed by atoms with Crippen molar-refractivity contribution in [1.82, 2.24) is 0 Å². The lowest BCUT2D eigenvalue weighted by Gasteiger charge is -2.35. The van der Waals surface area contributed by atoms with Crippen molar-refractivity contribution in [3.8, 4) is 5.75 Å². The molecule has 10 nitrogen and oxygen atoms in total. The first-order valence-electron chi connectivity index (χ1n) is 9.59. The summed E-state index contributed by atoms with van der Waals surface area (Å²) in [5.41, 5.74) is -0.639. The van der Waals surface area contributed by atoms with Crippen molar-refractivity contribution in [1.29, 1.82) is 0 Å². The van der Waals surface area contributed by atoms with E-state index in [2.05, 4.69) is 20.8 Å². The second kappa shape index (κ2) is 8.98. The van der Waals surface area contributed by atoms with Gasteiger partial charge < -0.3 is 13.9 Å². The van der Waals surface area contributed by atoms with Crippen molar-refractivity contribution in [3.63, 3.8) is 0 Å². The number of rotatable bonds is 8. The average Bonchev–Trinajstić information content (AvgIpc) is 2.66. The fraction of sp³-hybridized carbons (Fsp3) is 0.450. The first kappa shape index (κ1) is 24.2. The summed E-state index contributed by atoms with van der Waals surface area (Å²) < 4.78 is 11.8. The van der Waals surface area contributed by atoms with Crippen molar-refractivity contribution in [3.05, 3.63) is 77.9 Å². The molecule has 0 bridgehead atoms. The van der Waals surface area contributed by atoms with Crippen molar-refractivity contribution in [2.45, 2.75) is 51.4 Å². The summed E-state index contributed by atoms with van der Waals surface area (Å²) >= 11 is 0. The summed E-state index contributed by atoms with van der Waals surface area (Å²) in [6, 6.07) is 6.17. The number of nitrogens with zero attached hydrogens (tertiary/aromatic N) is 2. The van der Waals surface area contributed by atoms with Crippen LogP contribution in [0.3, 0.4) is 0 Å². The smallest absolute Gasteiger partial charge is 0.269 e. The number of nitro benzene ring substituents is 1. The van der Waals surface area contributed by atoms with Gasteiger partial charge in [-0.15, -0.1) is 0 Å². The number of aromatic hydroxyl groups is 1. The molecule has 2 rings (SSSR count). The van der Waals surface area contributed by atoms with E-state index in [0.717, 1.165) is 6.07 Å². The lowest BCUT2D eigenvalue weighted by molar-refractivity contribution is -0.482. The molecular weight excluding hydrogens is 424 g/mol. The Bertz CT molecular complexity index is 1020. The highest BCUT2D eigenvalue weighted by Gasteiger charge is 2.37. The van der Waals surface area contributed by atoms with Gasteiger partial charge in [0.1, 0.15) is 11.7 Å². The van der Waals surface area contributed by atoms with Crippen LogP contribution >= 0.6 is 0 Å². The van der Waals surface area contributed by atoms with Gasteiger partial charge in [-0.1, -0.05) is 32.9 Å². The van der Waals surface area contributed by atoms with Crippen LogP contribution in [-0.2, 0) is 11.0 Å². The second-order valence-corrected chi connectivity index (χ2v) is 13.6. The van der Waals surface area contributed by atoms with Gasteiger partial charge in [0.05, 0.1) is 11.5 Å². The van der Waals surface area contributed by atoms with Gasteiger partial charge >= 0.3 is 0 Å². The number of benzene rings is 1. The van der Waals surface area contributed by atoms with Gasteiger partial charge in [-0.2, -0.15) is 0 Å². The molecular formula is C20H26N2O8Si. The van der Waals surface area contributed by atoms with Crippen LogP contribution in [0.1, 0.15) is 43.8 Å². The SMILES string of the molecule is CC(C)(C)[Si](C)(C)OCc1cc(=O)c(O)c([C@H](C[N+](=O)[O-])c2ccc([N+](=O)[O-])cc2)o1. The van der Waals surface area contributed by atoms with E-state index >= 15 is 0 Å². The Morgan fingerprint density at radius 1 is 1.16 bits per heavy atom. The van der Waals surface area contributed by atoms with Crippen LogP contribution in [0.2, 0.25) is 18.1 Å². The minimum atomic E-state index is -2.17. The summed E-state index contributed by atoms with van der Waals surface area (Å²) in [5, 5.41) is 32.4.